The molecule has 0 saturated heterocycles. The first-order chi connectivity index (χ1) is 20.4. The average Bonchev–Trinajstić information content (AvgIpc) is 3.57. The molecule has 0 unspecified atom stereocenters. The molecule has 14 heteroatoms. The fraction of sp³-hybridized carbons (Fsp3) is 0.103. The van der Waals surface area contributed by atoms with Crippen LogP contribution in [0.1, 0.15) is 49.1 Å². The van der Waals surface area contributed by atoms with E-state index in [9.17, 15) is 36.8 Å². The van der Waals surface area contributed by atoms with Gasteiger partial charge < -0.3 is 10.6 Å². The summed E-state index contributed by atoms with van der Waals surface area (Å²) in [5.74, 6) is -3.70. The van der Waals surface area contributed by atoms with Gasteiger partial charge >= 0.3 is 11.7 Å². The second kappa shape index (κ2) is 10.2. The number of carbonyl (C=O) groups excluding carboxylic acids is 2. The largest absolute Gasteiger partial charge is 0.416 e. The quantitative estimate of drug-likeness (QED) is 0.246. The third-order valence-corrected chi connectivity index (χ3v) is 7.27. The number of nitrogens with zero attached hydrogens (tertiary/aromatic N) is 4. The van der Waals surface area contributed by atoms with Crippen molar-refractivity contribution in [1.29, 1.82) is 5.26 Å². The minimum Gasteiger partial charge on any atom is -0.341 e. The molecule has 6 rings (SSSR count). The highest BCUT2D eigenvalue weighted by molar-refractivity contribution is 6.31. The van der Waals surface area contributed by atoms with Crippen molar-refractivity contribution in [1.82, 2.24) is 5.32 Å². The Labute approximate surface area is 243 Å². The molecule has 2 aliphatic rings. The summed E-state index contributed by atoms with van der Waals surface area (Å²) >= 11 is 6.33. The van der Waals surface area contributed by atoms with Crippen molar-refractivity contribution in [3.05, 3.63) is 116 Å². The molecule has 214 valence electrons. The van der Waals surface area contributed by atoms with E-state index < -0.39 is 46.8 Å². The van der Waals surface area contributed by atoms with E-state index in [-0.39, 0.29) is 51.4 Å². The lowest BCUT2D eigenvalue weighted by molar-refractivity contribution is -0.560. The predicted molar refractivity (Wildman–Crippen MR) is 141 cm³/mol. The van der Waals surface area contributed by atoms with Gasteiger partial charge in [0.2, 0.25) is 5.69 Å². The second-order valence-electron chi connectivity index (χ2n) is 9.56. The number of amides is 2. The molecule has 1 atom stereocenters. The van der Waals surface area contributed by atoms with E-state index >= 15 is 0 Å². The number of anilines is 1. The van der Waals surface area contributed by atoms with E-state index in [4.69, 9.17) is 11.6 Å². The number of aromatic nitrogens is 1. The Bertz CT molecular complexity index is 2060. The molecule has 0 bridgehead atoms. The Hall–Kier alpha value is -5.22. The molecule has 0 spiro atoms. The van der Waals surface area contributed by atoms with Gasteiger partial charge in [-0.25, -0.2) is 8.78 Å². The van der Waals surface area contributed by atoms with Crippen molar-refractivity contribution < 1.29 is 35.9 Å². The Balaban J connectivity index is 1.55. The summed E-state index contributed by atoms with van der Waals surface area (Å²) < 4.78 is 69.7. The van der Waals surface area contributed by atoms with Crippen LogP contribution in [0.5, 0.6) is 0 Å². The molecule has 2 amide bonds. The van der Waals surface area contributed by atoms with Gasteiger partial charge in [-0.15, -0.1) is 0 Å². The Morgan fingerprint density at radius 3 is 2.58 bits per heavy atom. The van der Waals surface area contributed by atoms with Gasteiger partial charge in [-0.2, -0.15) is 18.4 Å². The van der Waals surface area contributed by atoms with Crippen LogP contribution < -0.4 is 20.5 Å². The molecule has 2 N–H and O–H groups in total. The summed E-state index contributed by atoms with van der Waals surface area (Å²) in [4.78, 5) is 30.7. The summed E-state index contributed by atoms with van der Waals surface area (Å²) in [6, 6.07) is 11.9. The average molecular weight is 610 g/mol. The number of nitriles is 1. The van der Waals surface area contributed by atoms with E-state index in [1.54, 1.807) is 12.1 Å². The van der Waals surface area contributed by atoms with Gasteiger partial charge in [0.1, 0.15) is 17.7 Å². The first-order valence-electron chi connectivity index (χ1n) is 12.4. The lowest BCUT2D eigenvalue weighted by Gasteiger charge is -2.19. The minimum atomic E-state index is -4.93. The van der Waals surface area contributed by atoms with E-state index in [1.165, 1.54) is 22.6 Å². The first-order valence-corrected chi connectivity index (χ1v) is 12.8. The van der Waals surface area contributed by atoms with Crippen LogP contribution in [0.3, 0.4) is 0 Å². The highest BCUT2D eigenvalue weighted by Crippen LogP contribution is 2.42. The van der Waals surface area contributed by atoms with Gasteiger partial charge in [-0.1, -0.05) is 26.1 Å². The van der Waals surface area contributed by atoms with Crippen molar-refractivity contribution in [2.24, 2.45) is 10.1 Å². The van der Waals surface area contributed by atoms with E-state index in [1.807, 2.05) is 6.07 Å². The number of carbonyl (C=O) groups is 2. The third-order valence-electron chi connectivity index (χ3n) is 6.93. The molecule has 4 aromatic rings. The lowest BCUT2D eigenvalue weighted by atomic mass is 9.92. The summed E-state index contributed by atoms with van der Waals surface area (Å²) in [5.41, 5.74) is -0.743. The smallest absolute Gasteiger partial charge is 0.341 e. The summed E-state index contributed by atoms with van der Waals surface area (Å²) in [5, 5.41) is 19.3. The number of rotatable bonds is 4. The fourth-order valence-electron chi connectivity index (χ4n) is 5.05. The van der Waals surface area contributed by atoms with E-state index in [0.29, 0.717) is 23.2 Å². The van der Waals surface area contributed by atoms with Crippen molar-refractivity contribution in [2.75, 3.05) is 12.0 Å². The molecule has 3 aromatic carbocycles. The Morgan fingerprint density at radius 1 is 1.05 bits per heavy atom. The highest BCUT2D eigenvalue weighted by Gasteiger charge is 2.36. The number of hydrogen-bond donors (Lipinski definition) is 2. The molecule has 1 aromatic heterocycles. The maximum absolute atomic E-state index is 14.2. The van der Waals surface area contributed by atoms with Gasteiger partial charge in [0.05, 0.1) is 11.6 Å². The van der Waals surface area contributed by atoms with Crippen LogP contribution in [-0.2, 0) is 6.18 Å². The minimum absolute atomic E-state index is 0.0179. The van der Waals surface area contributed by atoms with Gasteiger partial charge in [-0.05, 0) is 60.2 Å². The van der Waals surface area contributed by atoms with Crippen LogP contribution in [0.15, 0.2) is 70.8 Å². The molecule has 0 fully saturated rings. The number of alkyl halides is 3. The van der Waals surface area contributed by atoms with Crippen LogP contribution in [-0.4, -0.2) is 18.5 Å². The lowest BCUT2D eigenvalue weighted by Crippen LogP contribution is -2.37. The van der Waals surface area contributed by atoms with Gasteiger partial charge in [-0.3, -0.25) is 9.59 Å². The standard InChI is InChI=1S/C29H14ClF5N6O2/c30-21-3-1-16(31)10-19(21)26-25-20(28(43)40-26)7-13(18-2-4-24-37-12-38-41(24)23(18)11-36)8-22(25)39-27(42)14-5-15(29(33,34)35)9-17(32)6-14/h1-10,26H,12H2,(H-,39,40,42,43)/p+1/t26-/m0/s1. The van der Waals surface area contributed by atoms with Crippen molar-refractivity contribution >= 4 is 29.1 Å². The number of benzene rings is 3. The van der Waals surface area contributed by atoms with Crippen LogP contribution in [0.2, 0.25) is 5.02 Å². The fourth-order valence-corrected chi connectivity index (χ4v) is 5.27. The third kappa shape index (κ3) is 4.95. The molecule has 3 heterocycles. The monoisotopic (exact) mass is 609 g/mol. The maximum Gasteiger partial charge on any atom is 0.416 e. The van der Waals surface area contributed by atoms with Gasteiger partial charge in [0.15, 0.2) is 0 Å². The molecule has 0 aliphatic carbocycles. The van der Waals surface area contributed by atoms with Gasteiger partial charge in [0, 0.05) is 44.6 Å². The SMILES string of the molecule is N#Cc1c(-c2cc(NC(=O)c3cc(F)cc(C(F)(F)F)c3)c3c(c2)C(=O)N[C@H]3c2cc(F)ccc2Cl)ccc2[n+]1=NCN=2. The van der Waals surface area contributed by atoms with Crippen LogP contribution in [0.4, 0.5) is 27.6 Å². The zero-order valence-electron chi connectivity index (χ0n) is 21.4. The molecular weight excluding hydrogens is 595 g/mol. The van der Waals surface area contributed by atoms with Crippen molar-refractivity contribution in [3.8, 4) is 17.2 Å². The number of halogens is 6. The molecule has 0 radical (unpaired) electrons. The normalized spacial score (nSPS) is 15.1. The first kappa shape index (κ1) is 27.9. The maximum atomic E-state index is 14.2. The highest BCUT2D eigenvalue weighted by atomic mass is 35.5. The summed E-state index contributed by atoms with van der Waals surface area (Å²) in [6.07, 6.45) is -4.93. The molecule has 2 aliphatic heterocycles. The van der Waals surface area contributed by atoms with E-state index in [2.05, 4.69) is 20.7 Å². The number of nitrogens with one attached hydrogen (secondary N) is 2. The molecule has 0 saturated carbocycles. The molecular formula is C29H15ClF5N6O2+. The van der Waals surface area contributed by atoms with Crippen molar-refractivity contribution in [3.63, 3.8) is 0 Å². The number of fused-ring (bicyclic) bond motifs is 2. The second-order valence-corrected chi connectivity index (χ2v) is 9.96. The van der Waals surface area contributed by atoms with Crippen LogP contribution in [0.25, 0.3) is 11.1 Å². The van der Waals surface area contributed by atoms with Crippen LogP contribution in [0, 0.1) is 23.0 Å². The number of hydrogen-bond acceptors (Lipinski definition) is 5. The molecule has 8 nitrogen and oxygen atoms in total. The Morgan fingerprint density at radius 2 is 1.84 bits per heavy atom. The Kier molecular flexibility index (Phi) is 6.66. The number of pyridine rings is 1. The van der Waals surface area contributed by atoms with E-state index in [0.717, 1.165) is 12.1 Å². The van der Waals surface area contributed by atoms with Gasteiger partial charge in [0.25, 0.3) is 18.5 Å². The molecule has 43 heavy (non-hydrogen) atoms. The van der Waals surface area contributed by atoms with Crippen LogP contribution >= 0.6 is 11.6 Å². The zero-order chi connectivity index (χ0) is 30.6. The van der Waals surface area contributed by atoms with Crippen molar-refractivity contribution in [2.45, 2.75) is 12.2 Å². The summed E-state index contributed by atoms with van der Waals surface area (Å²) in [7, 11) is 0. The topological polar surface area (TPSA) is 113 Å². The summed E-state index contributed by atoms with van der Waals surface area (Å²) in [6.45, 7) is 0.0929. The zero-order valence-corrected chi connectivity index (χ0v) is 22.2. The predicted octanol–water partition coefficient (Wildman–Crippen LogP) is 5.17.